The molecular formula is C9H21NO4. The molecule has 0 saturated carbocycles. The summed E-state index contributed by atoms with van der Waals surface area (Å²) >= 11 is 0. The first-order valence-corrected chi connectivity index (χ1v) is 4.73. The number of rotatable bonds is 9. The Morgan fingerprint density at radius 2 is 1.64 bits per heavy atom. The molecule has 14 heavy (non-hydrogen) atoms. The summed E-state index contributed by atoms with van der Waals surface area (Å²) in [5.74, 6) is 0. The van der Waals surface area contributed by atoms with Gasteiger partial charge in [-0.2, -0.15) is 0 Å². The third-order valence-corrected chi connectivity index (χ3v) is 1.90. The summed E-state index contributed by atoms with van der Waals surface area (Å²) in [7, 11) is 3.27. The van der Waals surface area contributed by atoms with E-state index in [4.69, 9.17) is 14.6 Å². The van der Waals surface area contributed by atoms with Crippen LogP contribution in [0, 0.1) is 0 Å². The fourth-order valence-electron chi connectivity index (χ4n) is 1.09. The van der Waals surface area contributed by atoms with Gasteiger partial charge in [-0.05, 0) is 0 Å². The molecule has 0 rings (SSSR count). The van der Waals surface area contributed by atoms with Crippen LogP contribution >= 0.6 is 0 Å². The highest BCUT2D eigenvalue weighted by Gasteiger charge is 2.10. The van der Waals surface area contributed by atoms with Crippen molar-refractivity contribution in [2.24, 2.45) is 0 Å². The van der Waals surface area contributed by atoms with E-state index in [9.17, 15) is 5.11 Å². The van der Waals surface area contributed by atoms with Gasteiger partial charge < -0.3 is 19.7 Å². The summed E-state index contributed by atoms with van der Waals surface area (Å²) in [5, 5.41) is 17.9. The smallest absolute Gasteiger partial charge is 0.0897 e. The van der Waals surface area contributed by atoms with E-state index >= 15 is 0 Å². The third kappa shape index (κ3) is 7.23. The summed E-state index contributed by atoms with van der Waals surface area (Å²) in [6.07, 6.45) is -0.691. The quantitative estimate of drug-likeness (QED) is 0.504. The Balaban J connectivity index is 3.71. The molecular weight excluding hydrogens is 186 g/mol. The lowest BCUT2D eigenvalue weighted by Crippen LogP contribution is -2.38. The van der Waals surface area contributed by atoms with Crippen LogP contribution in [0.2, 0.25) is 0 Å². The van der Waals surface area contributed by atoms with Gasteiger partial charge in [0.05, 0.1) is 25.9 Å². The second kappa shape index (κ2) is 9.36. The number of aliphatic hydroxyl groups is 2. The Morgan fingerprint density at radius 3 is 2.00 bits per heavy atom. The summed E-state index contributed by atoms with van der Waals surface area (Å²) in [5.41, 5.74) is 0. The van der Waals surface area contributed by atoms with Gasteiger partial charge in [0.2, 0.25) is 0 Å². The molecule has 0 aliphatic rings. The molecule has 0 aliphatic heterocycles. The monoisotopic (exact) mass is 207 g/mol. The zero-order valence-electron chi connectivity index (χ0n) is 8.98. The first kappa shape index (κ1) is 13.8. The zero-order valence-corrected chi connectivity index (χ0v) is 8.98. The van der Waals surface area contributed by atoms with Gasteiger partial charge in [0.25, 0.3) is 0 Å². The van der Waals surface area contributed by atoms with Crippen LogP contribution in [-0.2, 0) is 9.47 Å². The number of hydrogen-bond donors (Lipinski definition) is 2. The molecule has 0 saturated heterocycles. The van der Waals surface area contributed by atoms with E-state index < -0.39 is 6.10 Å². The number of aliphatic hydroxyl groups excluding tert-OH is 2. The number of hydrogen-bond acceptors (Lipinski definition) is 5. The normalized spacial score (nSPS) is 13.5. The Labute approximate surface area is 85.2 Å². The largest absolute Gasteiger partial charge is 0.394 e. The topological polar surface area (TPSA) is 62.2 Å². The molecule has 0 aromatic rings. The molecule has 1 atom stereocenters. The predicted octanol–water partition coefficient (Wildman–Crippen LogP) is -1.07. The van der Waals surface area contributed by atoms with Crippen LogP contribution in [0.3, 0.4) is 0 Å². The van der Waals surface area contributed by atoms with Gasteiger partial charge in [-0.3, -0.25) is 4.90 Å². The first-order chi connectivity index (χ1) is 6.74. The lowest BCUT2D eigenvalue weighted by atomic mass is 10.3. The molecule has 5 nitrogen and oxygen atoms in total. The van der Waals surface area contributed by atoms with Gasteiger partial charge in [0.15, 0.2) is 0 Å². The standard InChI is InChI=1S/C9H21NO4/c1-13-5-3-10(4-6-14-2)7-9(12)8-11/h9,11-12H,3-8H2,1-2H3. The minimum atomic E-state index is -0.691. The SMILES string of the molecule is COCCN(CCOC)CC(O)CO. The van der Waals surface area contributed by atoms with E-state index in [1.54, 1.807) is 14.2 Å². The van der Waals surface area contributed by atoms with Crippen LogP contribution in [-0.4, -0.2) is 74.9 Å². The summed E-state index contributed by atoms with van der Waals surface area (Å²) in [6.45, 7) is 2.93. The van der Waals surface area contributed by atoms with E-state index in [2.05, 4.69) is 0 Å². The fourth-order valence-corrected chi connectivity index (χ4v) is 1.09. The number of ether oxygens (including phenoxy) is 2. The van der Waals surface area contributed by atoms with E-state index in [-0.39, 0.29) is 6.61 Å². The van der Waals surface area contributed by atoms with Gasteiger partial charge >= 0.3 is 0 Å². The second-order valence-electron chi connectivity index (χ2n) is 3.12. The van der Waals surface area contributed by atoms with Crippen molar-refractivity contribution >= 4 is 0 Å². The maximum Gasteiger partial charge on any atom is 0.0897 e. The molecule has 0 fully saturated rings. The summed E-state index contributed by atoms with van der Waals surface area (Å²) < 4.78 is 9.88. The van der Waals surface area contributed by atoms with Crippen molar-refractivity contribution < 1.29 is 19.7 Å². The molecule has 0 aromatic heterocycles. The van der Waals surface area contributed by atoms with Crippen LogP contribution in [0.5, 0.6) is 0 Å². The number of nitrogens with zero attached hydrogens (tertiary/aromatic N) is 1. The van der Waals surface area contributed by atoms with Gasteiger partial charge in [0.1, 0.15) is 0 Å². The minimum Gasteiger partial charge on any atom is -0.394 e. The van der Waals surface area contributed by atoms with Gasteiger partial charge in [0, 0.05) is 33.9 Å². The molecule has 0 heterocycles. The fraction of sp³-hybridized carbons (Fsp3) is 1.00. The van der Waals surface area contributed by atoms with Gasteiger partial charge in [-0.15, -0.1) is 0 Å². The third-order valence-electron chi connectivity index (χ3n) is 1.90. The average molecular weight is 207 g/mol. The highest BCUT2D eigenvalue weighted by Crippen LogP contribution is 1.93. The highest BCUT2D eigenvalue weighted by atomic mass is 16.5. The molecule has 5 heteroatoms. The zero-order chi connectivity index (χ0) is 10.8. The lowest BCUT2D eigenvalue weighted by molar-refractivity contribution is 0.0398. The molecule has 0 bridgehead atoms. The lowest BCUT2D eigenvalue weighted by Gasteiger charge is -2.23. The van der Waals surface area contributed by atoms with Crippen LogP contribution in [0.1, 0.15) is 0 Å². The molecule has 0 aromatic carbocycles. The van der Waals surface area contributed by atoms with Crippen molar-refractivity contribution in [3.05, 3.63) is 0 Å². The van der Waals surface area contributed by atoms with Crippen LogP contribution in [0.15, 0.2) is 0 Å². The Kier molecular flexibility index (Phi) is 9.23. The van der Waals surface area contributed by atoms with Crippen LogP contribution in [0.4, 0.5) is 0 Å². The molecule has 2 N–H and O–H groups in total. The van der Waals surface area contributed by atoms with E-state index in [1.165, 1.54) is 0 Å². The van der Waals surface area contributed by atoms with Crippen molar-refractivity contribution in [3.63, 3.8) is 0 Å². The Morgan fingerprint density at radius 1 is 1.14 bits per heavy atom. The molecule has 0 radical (unpaired) electrons. The van der Waals surface area contributed by atoms with Crippen molar-refractivity contribution in [2.75, 3.05) is 53.7 Å². The van der Waals surface area contributed by atoms with Crippen molar-refractivity contribution in [1.82, 2.24) is 4.90 Å². The van der Waals surface area contributed by atoms with E-state index in [1.807, 2.05) is 4.90 Å². The molecule has 86 valence electrons. The van der Waals surface area contributed by atoms with Gasteiger partial charge in [-0.1, -0.05) is 0 Å². The maximum absolute atomic E-state index is 9.25. The molecule has 0 spiro atoms. The van der Waals surface area contributed by atoms with Crippen molar-refractivity contribution in [2.45, 2.75) is 6.10 Å². The average Bonchev–Trinajstić information content (AvgIpc) is 2.21. The second-order valence-corrected chi connectivity index (χ2v) is 3.12. The molecule has 0 aliphatic carbocycles. The summed E-state index contributed by atoms with van der Waals surface area (Å²) in [4.78, 5) is 1.99. The van der Waals surface area contributed by atoms with Crippen molar-refractivity contribution in [1.29, 1.82) is 0 Å². The van der Waals surface area contributed by atoms with E-state index in [0.717, 1.165) is 13.1 Å². The van der Waals surface area contributed by atoms with Crippen LogP contribution < -0.4 is 0 Å². The van der Waals surface area contributed by atoms with Gasteiger partial charge in [-0.25, -0.2) is 0 Å². The minimum absolute atomic E-state index is 0.212. The number of methoxy groups -OCH3 is 2. The summed E-state index contributed by atoms with van der Waals surface area (Å²) in [6, 6.07) is 0. The molecule has 1 unspecified atom stereocenters. The first-order valence-electron chi connectivity index (χ1n) is 4.73. The maximum atomic E-state index is 9.25. The Hall–Kier alpha value is -0.200. The predicted molar refractivity (Wildman–Crippen MR) is 53.3 cm³/mol. The van der Waals surface area contributed by atoms with E-state index in [0.29, 0.717) is 19.8 Å². The Bertz CT molecular complexity index is 115. The van der Waals surface area contributed by atoms with Crippen LogP contribution in [0.25, 0.3) is 0 Å². The molecule has 0 amide bonds. The van der Waals surface area contributed by atoms with Crippen molar-refractivity contribution in [3.8, 4) is 0 Å². The highest BCUT2D eigenvalue weighted by molar-refractivity contribution is 4.63.